The Morgan fingerprint density at radius 1 is 1.28 bits per heavy atom. The third-order valence-electron chi connectivity index (χ3n) is 4.99. The summed E-state index contributed by atoms with van der Waals surface area (Å²) in [5.74, 6) is 0.244. The average molecular weight is 339 g/mol. The van der Waals surface area contributed by atoms with Crippen molar-refractivity contribution in [1.82, 2.24) is 14.8 Å². The number of benzene rings is 1. The third kappa shape index (κ3) is 2.69. The second kappa shape index (κ2) is 6.31. The fourth-order valence-corrected chi connectivity index (χ4v) is 3.71. The van der Waals surface area contributed by atoms with Gasteiger partial charge >= 0.3 is 0 Å². The number of para-hydroxylation sites is 1. The number of amides is 2. The molecule has 130 valence electrons. The molecule has 7 nitrogen and oxygen atoms in total. The number of anilines is 2. The molecule has 1 unspecified atom stereocenters. The second-order valence-electron chi connectivity index (χ2n) is 6.51. The molecular weight excluding hydrogens is 318 g/mol. The molecule has 1 saturated heterocycles. The summed E-state index contributed by atoms with van der Waals surface area (Å²) in [4.78, 5) is 33.2. The van der Waals surface area contributed by atoms with Gasteiger partial charge in [-0.15, -0.1) is 0 Å². The maximum atomic E-state index is 13.0. The Kier molecular flexibility index (Phi) is 3.99. The first-order valence-corrected chi connectivity index (χ1v) is 8.76. The Labute approximate surface area is 146 Å². The van der Waals surface area contributed by atoms with Gasteiger partial charge < -0.3 is 4.90 Å². The molecule has 2 aromatic rings. The van der Waals surface area contributed by atoms with Crippen molar-refractivity contribution in [2.24, 2.45) is 5.92 Å². The van der Waals surface area contributed by atoms with Crippen molar-refractivity contribution in [2.75, 3.05) is 22.9 Å². The van der Waals surface area contributed by atoms with Gasteiger partial charge in [0, 0.05) is 31.7 Å². The van der Waals surface area contributed by atoms with E-state index in [1.165, 1.54) is 6.33 Å². The van der Waals surface area contributed by atoms with Crippen molar-refractivity contribution in [3.8, 4) is 0 Å². The fourth-order valence-electron chi connectivity index (χ4n) is 3.71. The summed E-state index contributed by atoms with van der Waals surface area (Å²) in [6.45, 7) is 3.91. The van der Waals surface area contributed by atoms with E-state index in [0.717, 1.165) is 30.6 Å². The lowest BCUT2D eigenvalue weighted by Crippen LogP contribution is -2.42. The SMILES string of the molecule is CCc1ccccc1N1CC(C(=O)N2CCCn3ncnc32)CC1=O. The van der Waals surface area contributed by atoms with E-state index in [9.17, 15) is 9.59 Å². The van der Waals surface area contributed by atoms with Gasteiger partial charge in [-0.25, -0.2) is 4.68 Å². The molecule has 4 rings (SSSR count). The first-order valence-electron chi connectivity index (χ1n) is 8.76. The zero-order valence-electron chi connectivity index (χ0n) is 14.3. The molecule has 1 aromatic carbocycles. The van der Waals surface area contributed by atoms with Gasteiger partial charge in [-0.2, -0.15) is 10.1 Å². The zero-order valence-corrected chi connectivity index (χ0v) is 14.3. The second-order valence-corrected chi connectivity index (χ2v) is 6.51. The topological polar surface area (TPSA) is 71.3 Å². The van der Waals surface area contributed by atoms with Gasteiger partial charge in [0.15, 0.2) is 0 Å². The maximum Gasteiger partial charge on any atom is 0.234 e. The predicted molar refractivity (Wildman–Crippen MR) is 93.3 cm³/mol. The number of hydrogen-bond donors (Lipinski definition) is 0. The van der Waals surface area contributed by atoms with Crippen LogP contribution in [0.15, 0.2) is 30.6 Å². The Bertz CT molecular complexity index is 815. The molecule has 0 radical (unpaired) electrons. The molecule has 1 atom stereocenters. The van der Waals surface area contributed by atoms with E-state index in [2.05, 4.69) is 17.0 Å². The van der Waals surface area contributed by atoms with Crippen LogP contribution in [0.25, 0.3) is 0 Å². The fraction of sp³-hybridized carbons (Fsp3) is 0.444. The molecule has 25 heavy (non-hydrogen) atoms. The van der Waals surface area contributed by atoms with Gasteiger partial charge in [0.1, 0.15) is 6.33 Å². The van der Waals surface area contributed by atoms with Crippen LogP contribution < -0.4 is 9.80 Å². The van der Waals surface area contributed by atoms with Crippen molar-refractivity contribution in [1.29, 1.82) is 0 Å². The van der Waals surface area contributed by atoms with Gasteiger partial charge in [0.05, 0.1) is 5.92 Å². The van der Waals surface area contributed by atoms with E-state index < -0.39 is 0 Å². The normalized spacial score (nSPS) is 20.0. The summed E-state index contributed by atoms with van der Waals surface area (Å²) < 4.78 is 1.75. The third-order valence-corrected chi connectivity index (χ3v) is 4.99. The minimum absolute atomic E-state index is 0.0118. The van der Waals surface area contributed by atoms with Gasteiger partial charge in [-0.3, -0.25) is 14.5 Å². The lowest BCUT2D eigenvalue weighted by atomic mass is 10.1. The largest absolute Gasteiger partial charge is 0.311 e. The summed E-state index contributed by atoms with van der Waals surface area (Å²) >= 11 is 0. The minimum Gasteiger partial charge on any atom is -0.311 e. The monoisotopic (exact) mass is 339 g/mol. The first kappa shape index (κ1) is 15.8. The van der Waals surface area contributed by atoms with E-state index >= 15 is 0 Å². The smallest absolute Gasteiger partial charge is 0.234 e. The van der Waals surface area contributed by atoms with Crippen LogP contribution in [0.1, 0.15) is 25.3 Å². The lowest BCUT2D eigenvalue weighted by Gasteiger charge is -2.28. The van der Waals surface area contributed by atoms with Crippen LogP contribution in [-0.2, 0) is 22.6 Å². The van der Waals surface area contributed by atoms with E-state index in [-0.39, 0.29) is 24.2 Å². The number of fused-ring (bicyclic) bond motifs is 1. The van der Waals surface area contributed by atoms with Crippen molar-refractivity contribution in [3.05, 3.63) is 36.2 Å². The Morgan fingerprint density at radius 3 is 2.96 bits per heavy atom. The predicted octanol–water partition coefficient (Wildman–Crippen LogP) is 1.63. The zero-order chi connectivity index (χ0) is 17.4. The quantitative estimate of drug-likeness (QED) is 0.852. The molecule has 1 fully saturated rings. The van der Waals surface area contributed by atoms with E-state index in [1.807, 2.05) is 24.3 Å². The van der Waals surface area contributed by atoms with Crippen LogP contribution >= 0.6 is 0 Å². The van der Waals surface area contributed by atoms with Crippen LogP contribution in [0, 0.1) is 5.92 Å². The highest BCUT2D eigenvalue weighted by atomic mass is 16.2. The number of carbonyl (C=O) groups excluding carboxylic acids is 2. The van der Waals surface area contributed by atoms with E-state index in [4.69, 9.17) is 0 Å². The molecule has 1 aromatic heterocycles. The summed E-state index contributed by atoms with van der Waals surface area (Å²) in [7, 11) is 0. The van der Waals surface area contributed by atoms with Crippen LogP contribution in [0.3, 0.4) is 0 Å². The van der Waals surface area contributed by atoms with Crippen molar-refractivity contribution in [2.45, 2.75) is 32.7 Å². The van der Waals surface area contributed by atoms with Gasteiger partial charge in [0.2, 0.25) is 17.8 Å². The molecule has 7 heteroatoms. The summed E-state index contributed by atoms with van der Waals surface area (Å²) in [6.07, 6.45) is 3.44. The summed E-state index contributed by atoms with van der Waals surface area (Å²) in [5, 5.41) is 4.15. The van der Waals surface area contributed by atoms with Crippen molar-refractivity contribution in [3.63, 3.8) is 0 Å². The molecule has 2 aliphatic heterocycles. The van der Waals surface area contributed by atoms with Crippen LogP contribution in [-0.4, -0.2) is 39.7 Å². The molecule has 0 N–H and O–H groups in total. The molecular formula is C18H21N5O2. The van der Waals surface area contributed by atoms with E-state index in [1.54, 1.807) is 14.5 Å². The first-order chi connectivity index (χ1) is 12.2. The van der Waals surface area contributed by atoms with Crippen LogP contribution in [0.4, 0.5) is 11.6 Å². The summed E-state index contributed by atoms with van der Waals surface area (Å²) in [5.41, 5.74) is 2.05. The molecule has 2 aliphatic rings. The van der Waals surface area contributed by atoms with Crippen molar-refractivity contribution < 1.29 is 9.59 Å². The molecule has 0 aliphatic carbocycles. The summed E-state index contributed by atoms with van der Waals surface area (Å²) in [6, 6.07) is 7.90. The Hall–Kier alpha value is -2.70. The molecule has 0 saturated carbocycles. The van der Waals surface area contributed by atoms with Crippen molar-refractivity contribution >= 4 is 23.5 Å². The number of aromatic nitrogens is 3. The number of hydrogen-bond acceptors (Lipinski definition) is 4. The van der Waals surface area contributed by atoms with Crippen LogP contribution in [0.2, 0.25) is 0 Å². The highest BCUT2D eigenvalue weighted by molar-refractivity contribution is 6.04. The highest BCUT2D eigenvalue weighted by Crippen LogP contribution is 2.30. The van der Waals surface area contributed by atoms with Gasteiger partial charge in [-0.05, 0) is 24.5 Å². The highest BCUT2D eigenvalue weighted by Gasteiger charge is 2.39. The molecule has 2 amide bonds. The minimum atomic E-state index is -0.333. The molecule has 0 spiro atoms. The van der Waals surface area contributed by atoms with Gasteiger partial charge in [-0.1, -0.05) is 25.1 Å². The Morgan fingerprint density at radius 2 is 2.12 bits per heavy atom. The Balaban J connectivity index is 1.56. The number of rotatable bonds is 3. The van der Waals surface area contributed by atoms with E-state index in [0.29, 0.717) is 19.0 Å². The lowest BCUT2D eigenvalue weighted by molar-refractivity contribution is -0.124. The van der Waals surface area contributed by atoms with Gasteiger partial charge in [0.25, 0.3) is 0 Å². The van der Waals surface area contributed by atoms with Crippen LogP contribution in [0.5, 0.6) is 0 Å². The molecule has 0 bridgehead atoms. The molecule has 3 heterocycles. The average Bonchev–Trinajstić information content (AvgIpc) is 3.27. The maximum absolute atomic E-state index is 13.0. The number of carbonyl (C=O) groups is 2. The standard InChI is InChI=1S/C18H21N5O2/c1-2-13-6-3-4-7-15(13)22-11-14(10-16(22)24)17(25)21-8-5-9-23-18(21)19-12-20-23/h3-4,6-7,12,14H,2,5,8-11H2,1H3. The number of aryl methyl sites for hydroxylation is 2. The number of nitrogens with zero attached hydrogens (tertiary/aromatic N) is 5.